The minimum absolute atomic E-state index is 0.0894. The number of rotatable bonds is 6. The topological polar surface area (TPSA) is 26.3 Å². The Hall–Kier alpha value is -1.35. The fourth-order valence-electron chi connectivity index (χ4n) is 1.54. The molecule has 0 amide bonds. The van der Waals surface area contributed by atoms with Crippen molar-refractivity contribution >= 4 is 14.1 Å². The van der Waals surface area contributed by atoms with Crippen LogP contribution in [0.25, 0.3) is 0 Å². The third-order valence-electron chi connectivity index (χ3n) is 3.99. The highest BCUT2D eigenvalue weighted by Crippen LogP contribution is 2.37. The average Bonchev–Trinajstić information content (AvgIpc) is 2.35. The van der Waals surface area contributed by atoms with Gasteiger partial charge in [-0.1, -0.05) is 39.5 Å². The Labute approximate surface area is 124 Å². The molecule has 1 rings (SSSR count). The average molecular weight is 290 g/mol. The molecular weight excluding hydrogens is 264 g/mol. The van der Waals surface area contributed by atoms with Crippen LogP contribution in [0.2, 0.25) is 18.1 Å². The van der Waals surface area contributed by atoms with Crippen molar-refractivity contribution in [3.63, 3.8) is 0 Å². The molecule has 20 heavy (non-hydrogen) atoms. The van der Waals surface area contributed by atoms with Crippen LogP contribution in [-0.2, 0) is 11.2 Å². The molecule has 0 saturated carbocycles. The highest BCUT2D eigenvalue weighted by molar-refractivity contribution is 6.74. The van der Waals surface area contributed by atoms with Gasteiger partial charge in [-0.15, -0.1) is 0 Å². The largest absolute Gasteiger partial charge is 0.544 e. The number of hydrogen-bond acceptors (Lipinski definition) is 2. The van der Waals surface area contributed by atoms with Crippen LogP contribution in [0.15, 0.2) is 36.9 Å². The summed E-state index contributed by atoms with van der Waals surface area (Å²) >= 11 is 0. The van der Waals surface area contributed by atoms with Crippen molar-refractivity contribution in [1.82, 2.24) is 0 Å². The summed E-state index contributed by atoms with van der Waals surface area (Å²) in [5.41, 5.74) is 1.16. The fraction of sp³-hybridized carbons (Fsp3) is 0.471. The summed E-state index contributed by atoms with van der Waals surface area (Å²) in [6.07, 6.45) is 2.66. The predicted molar refractivity (Wildman–Crippen MR) is 87.8 cm³/mol. The lowest BCUT2D eigenvalue weighted by molar-refractivity contribution is -0.114. The van der Waals surface area contributed by atoms with Crippen LogP contribution >= 0.6 is 0 Å². The van der Waals surface area contributed by atoms with E-state index in [1.165, 1.54) is 6.08 Å². The minimum Gasteiger partial charge on any atom is -0.544 e. The molecule has 0 aliphatic heterocycles. The van der Waals surface area contributed by atoms with E-state index in [0.29, 0.717) is 6.42 Å². The van der Waals surface area contributed by atoms with Gasteiger partial charge in [0.1, 0.15) is 5.75 Å². The van der Waals surface area contributed by atoms with Gasteiger partial charge in [-0.25, -0.2) is 0 Å². The van der Waals surface area contributed by atoms with Crippen molar-refractivity contribution in [3.05, 3.63) is 42.5 Å². The van der Waals surface area contributed by atoms with E-state index < -0.39 is 8.32 Å². The van der Waals surface area contributed by atoms with E-state index in [9.17, 15) is 4.79 Å². The standard InChI is InChI=1S/C17H26O2Si/c1-7-15(18)11-8-14-9-12-16(13-10-14)19-20(5,6)17(2,3)4/h7,9-10,12-13H,1,8,11H2,2-6H3. The lowest BCUT2D eigenvalue weighted by Gasteiger charge is -2.36. The number of allylic oxidation sites excluding steroid dienone is 1. The van der Waals surface area contributed by atoms with Gasteiger partial charge in [0.2, 0.25) is 8.32 Å². The van der Waals surface area contributed by atoms with Crippen LogP contribution in [0.5, 0.6) is 5.75 Å². The fourth-order valence-corrected chi connectivity index (χ4v) is 2.57. The highest BCUT2D eigenvalue weighted by atomic mass is 28.4. The van der Waals surface area contributed by atoms with Gasteiger partial charge in [-0.3, -0.25) is 4.79 Å². The maximum absolute atomic E-state index is 11.2. The molecule has 0 bridgehead atoms. The summed E-state index contributed by atoms with van der Waals surface area (Å²) in [6.45, 7) is 14.7. The van der Waals surface area contributed by atoms with Gasteiger partial charge in [-0.05, 0) is 48.3 Å². The lowest BCUT2D eigenvalue weighted by Crippen LogP contribution is -2.43. The monoisotopic (exact) mass is 290 g/mol. The number of aryl methyl sites for hydroxylation is 1. The van der Waals surface area contributed by atoms with Crippen LogP contribution in [-0.4, -0.2) is 14.1 Å². The Morgan fingerprint density at radius 3 is 2.25 bits per heavy atom. The molecule has 0 unspecified atom stereocenters. The van der Waals surface area contributed by atoms with Crippen molar-refractivity contribution < 1.29 is 9.22 Å². The molecule has 0 N–H and O–H groups in total. The van der Waals surface area contributed by atoms with Gasteiger partial charge >= 0.3 is 0 Å². The first-order valence-electron chi connectivity index (χ1n) is 7.09. The Kier molecular flexibility index (Phi) is 5.34. The molecule has 0 heterocycles. The number of carbonyl (C=O) groups excluding carboxylic acids is 1. The number of hydrogen-bond donors (Lipinski definition) is 0. The van der Waals surface area contributed by atoms with E-state index in [4.69, 9.17) is 4.43 Å². The van der Waals surface area contributed by atoms with Crippen LogP contribution in [0, 0.1) is 0 Å². The summed E-state index contributed by atoms with van der Waals surface area (Å²) in [5.74, 6) is 1.02. The van der Waals surface area contributed by atoms with Crippen LogP contribution in [0.3, 0.4) is 0 Å². The lowest BCUT2D eigenvalue weighted by atomic mass is 10.1. The molecule has 0 aromatic heterocycles. The molecular formula is C17H26O2Si. The van der Waals surface area contributed by atoms with Crippen LogP contribution < -0.4 is 4.43 Å². The summed E-state index contributed by atoms with van der Waals surface area (Å²) in [5, 5.41) is 0.196. The van der Waals surface area contributed by atoms with Gasteiger partial charge in [0.25, 0.3) is 0 Å². The SMILES string of the molecule is C=CC(=O)CCc1ccc(O[Si](C)(C)C(C)(C)C)cc1. The Morgan fingerprint density at radius 1 is 1.25 bits per heavy atom. The smallest absolute Gasteiger partial charge is 0.250 e. The molecule has 0 spiro atoms. The molecule has 0 fully saturated rings. The highest BCUT2D eigenvalue weighted by Gasteiger charge is 2.38. The van der Waals surface area contributed by atoms with E-state index in [2.05, 4.69) is 40.4 Å². The van der Waals surface area contributed by atoms with E-state index in [-0.39, 0.29) is 10.8 Å². The molecule has 0 radical (unpaired) electrons. The zero-order valence-electron chi connectivity index (χ0n) is 13.3. The third kappa shape index (κ3) is 4.64. The summed E-state index contributed by atoms with van der Waals surface area (Å²) in [6, 6.07) is 8.10. The first kappa shape index (κ1) is 16.7. The second-order valence-corrected chi connectivity index (χ2v) is 11.4. The second-order valence-electron chi connectivity index (χ2n) is 6.68. The quantitative estimate of drug-likeness (QED) is 0.558. The van der Waals surface area contributed by atoms with Crippen molar-refractivity contribution in [2.75, 3.05) is 0 Å². The molecule has 2 nitrogen and oxygen atoms in total. The van der Waals surface area contributed by atoms with Gasteiger partial charge < -0.3 is 4.43 Å². The summed E-state index contributed by atoms with van der Waals surface area (Å²) in [7, 11) is -1.77. The van der Waals surface area contributed by atoms with Crippen molar-refractivity contribution in [3.8, 4) is 5.75 Å². The van der Waals surface area contributed by atoms with E-state index in [1.807, 2.05) is 24.3 Å². The number of ketones is 1. The predicted octanol–water partition coefficient (Wildman–Crippen LogP) is 4.76. The van der Waals surface area contributed by atoms with Crippen molar-refractivity contribution in [1.29, 1.82) is 0 Å². The molecule has 3 heteroatoms. The Bertz CT molecular complexity index is 467. The summed E-state index contributed by atoms with van der Waals surface area (Å²) < 4.78 is 6.22. The van der Waals surface area contributed by atoms with E-state index >= 15 is 0 Å². The first-order valence-corrected chi connectivity index (χ1v) is 10.00. The zero-order valence-corrected chi connectivity index (χ0v) is 14.3. The van der Waals surface area contributed by atoms with E-state index in [0.717, 1.165) is 17.7 Å². The van der Waals surface area contributed by atoms with Crippen LogP contribution in [0.4, 0.5) is 0 Å². The van der Waals surface area contributed by atoms with E-state index in [1.54, 1.807) is 0 Å². The Balaban J connectivity index is 2.68. The second kappa shape index (κ2) is 6.40. The van der Waals surface area contributed by atoms with Gasteiger partial charge in [0, 0.05) is 6.42 Å². The van der Waals surface area contributed by atoms with Crippen molar-refractivity contribution in [2.24, 2.45) is 0 Å². The van der Waals surface area contributed by atoms with Gasteiger partial charge in [0.15, 0.2) is 5.78 Å². The maximum atomic E-state index is 11.2. The van der Waals surface area contributed by atoms with Gasteiger partial charge in [0.05, 0.1) is 0 Å². The minimum atomic E-state index is -1.77. The molecule has 0 atom stereocenters. The van der Waals surface area contributed by atoms with Crippen LogP contribution in [0.1, 0.15) is 32.8 Å². The molecule has 1 aromatic rings. The van der Waals surface area contributed by atoms with Crippen molar-refractivity contribution in [2.45, 2.75) is 51.7 Å². The zero-order chi connectivity index (χ0) is 15.4. The van der Waals surface area contributed by atoms with Gasteiger partial charge in [-0.2, -0.15) is 0 Å². The third-order valence-corrected chi connectivity index (χ3v) is 8.35. The number of carbonyl (C=O) groups is 1. The first-order chi connectivity index (χ1) is 9.15. The maximum Gasteiger partial charge on any atom is 0.250 e. The molecule has 0 aliphatic rings. The Morgan fingerprint density at radius 2 is 1.80 bits per heavy atom. The summed E-state index contributed by atoms with van der Waals surface area (Å²) in [4.78, 5) is 11.2. The molecule has 0 aliphatic carbocycles. The molecule has 0 saturated heterocycles. The molecule has 1 aromatic carbocycles. The number of benzene rings is 1. The molecule has 110 valence electrons. The normalized spacial score (nSPS) is 12.1.